The third-order valence-electron chi connectivity index (χ3n) is 4.76. The average Bonchev–Trinajstić information content (AvgIpc) is 2.55. The summed E-state index contributed by atoms with van der Waals surface area (Å²) >= 11 is 3.32. The highest BCUT2D eigenvalue weighted by atomic mass is 79.9. The van der Waals surface area contributed by atoms with Gasteiger partial charge >= 0.3 is 0 Å². The summed E-state index contributed by atoms with van der Waals surface area (Å²) in [5.74, 6) is -0.985. The van der Waals surface area contributed by atoms with E-state index in [0.29, 0.717) is 18.2 Å². The van der Waals surface area contributed by atoms with Crippen LogP contribution in [0, 0.1) is 0 Å². The molecule has 1 N–H and O–H groups in total. The maximum absolute atomic E-state index is 12.2. The molecule has 26 heavy (non-hydrogen) atoms. The van der Waals surface area contributed by atoms with Crippen LogP contribution in [0.25, 0.3) is 0 Å². The highest BCUT2D eigenvalue weighted by Gasteiger charge is 2.18. The molecule has 7 heteroatoms. The maximum Gasteiger partial charge on any atom is 0.235 e. The van der Waals surface area contributed by atoms with Gasteiger partial charge in [-0.3, -0.25) is 4.79 Å². The number of halogens is 1. The third kappa shape index (κ3) is 7.76. The van der Waals surface area contributed by atoms with Crippen LogP contribution in [0.2, 0.25) is 0 Å². The van der Waals surface area contributed by atoms with Crippen LogP contribution in [0.4, 0.5) is 0 Å². The van der Waals surface area contributed by atoms with Gasteiger partial charge in [0.15, 0.2) is 9.84 Å². The Morgan fingerprint density at radius 2 is 2.12 bits per heavy atom. The number of carbonyl (C=O) groups is 1. The number of nitrogens with one attached hydrogen (secondary N) is 1. The molecule has 0 bridgehead atoms. The Morgan fingerprint density at radius 1 is 1.31 bits per heavy atom. The summed E-state index contributed by atoms with van der Waals surface area (Å²) in [6.07, 6.45) is 5.77. The smallest absolute Gasteiger partial charge is 0.235 e. The van der Waals surface area contributed by atoms with Gasteiger partial charge in [-0.2, -0.15) is 0 Å². The minimum Gasteiger partial charge on any atom is -0.355 e. The number of rotatable bonds is 9. The van der Waals surface area contributed by atoms with Crippen LogP contribution in [0.15, 0.2) is 28.7 Å². The largest absolute Gasteiger partial charge is 0.355 e. The van der Waals surface area contributed by atoms with Crippen LogP contribution in [-0.4, -0.2) is 50.7 Å². The van der Waals surface area contributed by atoms with Gasteiger partial charge in [0, 0.05) is 17.1 Å². The van der Waals surface area contributed by atoms with Crippen molar-refractivity contribution in [1.29, 1.82) is 0 Å². The number of hydrogen-bond donors (Lipinski definition) is 1. The Balaban J connectivity index is 1.64. The van der Waals surface area contributed by atoms with Crippen LogP contribution < -0.4 is 5.32 Å². The standard InChI is InChI=1S/C19H29BrN2O3S/c1-16-7-2-4-11-22(16)12-5-3-10-21-19(23)15-26(24,25)14-17-8-6-9-18(20)13-17/h6,8-9,13,16H,2-5,7,10-12,14-15H2,1H3,(H,21,23). The van der Waals surface area contributed by atoms with Gasteiger partial charge < -0.3 is 10.2 Å². The monoisotopic (exact) mass is 444 g/mol. The van der Waals surface area contributed by atoms with Crippen molar-refractivity contribution < 1.29 is 13.2 Å². The average molecular weight is 445 g/mol. The SMILES string of the molecule is CC1CCCCN1CCCCNC(=O)CS(=O)(=O)Cc1cccc(Br)c1. The number of amides is 1. The van der Waals surface area contributed by atoms with E-state index in [1.807, 2.05) is 6.07 Å². The molecule has 1 aliphatic heterocycles. The Hall–Kier alpha value is -0.920. The lowest BCUT2D eigenvalue weighted by atomic mass is 10.0. The molecule has 0 saturated carbocycles. The lowest BCUT2D eigenvalue weighted by molar-refractivity contribution is -0.118. The van der Waals surface area contributed by atoms with Crippen molar-refractivity contribution in [2.24, 2.45) is 0 Å². The summed E-state index contributed by atoms with van der Waals surface area (Å²) in [5, 5.41) is 2.74. The fourth-order valence-corrected chi connectivity index (χ4v) is 5.08. The van der Waals surface area contributed by atoms with Crippen molar-refractivity contribution in [3.63, 3.8) is 0 Å². The third-order valence-corrected chi connectivity index (χ3v) is 6.73. The fraction of sp³-hybridized carbons (Fsp3) is 0.632. The second kappa shape index (κ2) is 10.4. The number of likely N-dealkylation sites (tertiary alicyclic amines) is 1. The van der Waals surface area contributed by atoms with Crippen molar-refractivity contribution in [2.45, 2.75) is 50.8 Å². The van der Waals surface area contributed by atoms with Crippen molar-refractivity contribution in [2.75, 3.05) is 25.4 Å². The first-order valence-electron chi connectivity index (χ1n) is 9.31. The van der Waals surface area contributed by atoms with Crippen molar-refractivity contribution in [3.8, 4) is 0 Å². The van der Waals surface area contributed by atoms with Gasteiger partial charge in [0.05, 0.1) is 5.75 Å². The molecule has 1 aromatic carbocycles. The number of nitrogens with zero attached hydrogens (tertiary/aromatic N) is 1. The zero-order chi connectivity index (χ0) is 19.0. The van der Waals surface area contributed by atoms with Gasteiger partial charge in [0.2, 0.25) is 5.91 Å². The first kappa shape index (κ1) is 21.4. The van der Waals surface area contributed by atoms with E-state index < -0.39 is 21.5 Å². The molecule has 1 atom stereocenters. The number of benzene rings is 1. The van der Waals surface area contributed by atoms with Gasteiger partial charge in [-0.05, 0) is 63.4 Å². The summed E-state index contributed by atoms with van der Waals surface area (Å²) < 4.78 is 25.2. The minimum atomic E-state index is -3.46. The Bertz CT molecular complexity index is 694. The van der Waals surface area contributed by atoms with Crippen LogP contribution in [0.5, 0.6) is 0 Å². The van der Waals surface area contributed by atoms with E-state index in [0.717, 1.165) is 23.9 Å². The molecule has 0 aliphatic carbocycles. The predicted molar refractivity (Wildman–Crippen MR) is 109 cm³/mol. The topological polar surface area (TPSA) is 66.5 Å². The molecule has 5 nitrogen and oxygen atoms in total. The van der Waals surface area contributed by atoms with E-state index in [2.05, 4.69) is 33.1 Å². The Kier molecular flexibility index (Phi) is 8.57. The van der Waals surface area contributed by atoms with E-state index >= 15 is 0 Å². The van der Waals surface area contributed by atoms with E-state index in [1.165, 1.54) is 25.8 Å². The summed E-state index contributed by atoms with van der Waals surface area (Å²) in [4.78, 5) is 14.4. The molecule has 2 rings (SSSR count). The molecule has 1 unspecified atom stereocenters. The number of sulfone groups is 1. The summed E-state index contributed by atoms with van der Waals surface area (Å²) in [5.41, 5.74) is 0.683. The molecular weight excluding hydrogens is 416 g/mol. The number of unbranched alkanes of at least 4 members (excludes halogenated alkanes) is 1. The van der Waals surface area contributed by atoms with Gasteiger partial charge in [-0.15, -0.1) is 0 Å². The Labute approximate surface area is 165 Å². The Morgan fingerprint density at radius 3 is 2.85 bits per heavy atom. The molecule has 1 fully saturated rings. The van der Waals surface area contributed by atoms with Gasteiger partial charge in [0.25, 0.3) is 0 Å². The maximum atomic E-state index is 12.2. The zero-order valence-corrected chi connectivity index (χ0v) is 17.8. The van der Waals surface area contributed by atoms with Crippen molar-refractivity contribution in [1.82, 2.24) is 10.2 Å². The number of hydrogen-bond acceptors (Lipinski definition) is 4. The van der Waals surface area contributed by atoms with Gasteiger partial charge in [-0.1, -0.05) is 34.5 Å². The van der Waals surface area contributed by atoms with Crippen LogP contribution in [-0.2, 0) is 20.4 Å². The lowest BCUT2D eigenvalue weighted by Crippen LogP contribution is -2.38. The molecule has 1 saturated heterocycles. The van der Waals surface area contributed by atoms with Crippen LogP contribution >= 0.6 is 15.9 Å². The van der Waals surface area contributed by atoms with Crippen LogP contribution in [0.3, 0.4) is 0 Å². The summed E-state index contributed by atoms with van der Waals surface area (Å²) in [7, 11) is -3.46. The normalized spacial score (nSPS) is 18.6. The molecule has 0 radical (unpaired) electrons. The highest BCUT2D eigenvalue weighted by Crippen LogP contribution is 2.16. The van der Waals surface area contributed by atoms with E-state index in [-0.39, 0.29) is 5.75 Å². The molecule has 1 heterocycles. The molecule has 146 valence electrons. The zero-order valence-electron chi connectivity index (χ0n) is 15.4. The quantitative estimate of drug-likeness (QED) is 0.594. The molecule has 0 spiro atoms. The van der Waals surface area contributed by atoms with Crippen LogP contribution in [0.1, 0.15) is 44.6 Å². The van der Waals surface area contributed by atoms with Gasteiger partial charge in [0.1, 0.15) is 5.75 Å². The molecule has 1 aliphatic rings. The van der Waals surface area contributed by atoms with E-state index in [1.54, 1.807) is 18.2 Å². The number of piperidine rings is 1. The highest BCUT2D eigenvalue weighted by molar-refractivity contribution is 9.10. The fourth-order valence-electron chi connectivity index (χ4n) is 3.34. The molecule has 1 aromatic rings. The molecular formula is C19H29BrN2O3S. The summed E-state index contributed by atoms with van der Waals surface area (Å²) in [6.45, 7) is 5.03. The number of carbonyl (C=O) groups excluding carboxylic acids is 1. The first-order valence-corrected chi connectivity index (χ1v) is 11.9. The second-order valence-electron chi connectivity index (χ2n) is 7.10. The minimum absolute atomic E-state index is 0.118. The summed E-state index contributed by atoms with van der Waals surface area (Å²) in [6, 6.07) is 7.80. The van der Waals surface area contributed by atoms with Crippen molar-refractivity contribution >= 4 is 31.7 Å². The predicted octanol–water partition coefficient (Wildman–Crippen LogP) is 3.13. The second-order valence-corrected chi connectivity index (χ2v) is 10.1. The lowest BCUT2D eigenvalue weighted by Gasteiger charge is -2.33. The van der Waals surface area contributed by atoms with E-state index in [4.69, 9.17) is 0 Å². The van der Waals surface area contributed by atoms with Crippen molar-refractivity contribution in [3.05, 3.63) is 34.3 Å². The molecule has 0 aromatic heterocycles. The first-order chi connectivity index (χ1) is 12.4. The van der Waals surface area contributed by atoms with E-state index in [9.17, 15) is 13.2 Å². The van der Waals surface area contributed by atoms with Gasteiger partial charge in [-0.25, -0.2) is 8.42 Å². The molecule has 1 amide bonds.